The van der Waals surface area contributed by atoms with Gasteiger partial charge in [-0.2, -0.15) is 0 Å². The molecule has 0 unspecified atom stereocenters. The molecule has 0 radical (unpaired) electrons. The van der Waals surface area contributed by atoms with Gasteiger partial charge < -0.3 is 15.1 Å². The van der Waals surface area contributed by atoms with E-state index in [9.17, 15) is 5.11 Å². The Morgan fingerprint density at radius 3 is 1.67 bits per heavy atom. The normalized spacial score (nSPS) is 12.2. The van der Waals surface area contributed by atoms with Crippen LogP contribution in [0.3, 0.4) is 0 Å². The van der Waals surface area contributed by atoms with E-state index in [1.807, 2.05) is 24.3 Å². The summed E-state index contributed by atoms with van der Waals surface area (Å²) >= 11 is 3.89. The van der Waals surface area contributed by atoms with Gasteiger partial charge in [-0.15, -0.1) is 0 Å². The molecule has 240 valence electrons. The van der Waals surface area contributed by atoms with Crippen LogP contribution in [-0.2, 0) is 0 Å². The predicted molar refractivity (Wildman–Crippen MR) is 189 cm³/mol. The molecule has 5 heterocycles. The van der Waals surface area contributed by atoms with Crippen LogP contribution in [0.15, 0.2) is 99.2 Å². The smallest absolute Gasteiger partial charge is 0.176 e. The molecule has 6 aromatic rings. The van der Waals surface area contributed by atoms with Crippen LogP contribution in [0.5, 0.6) is 5.75 Å². The number of aromatic amines is 2. The first-order chi connectivity index (χ1) is 23.7. The van der Waals surface area contributed by atoms with Crippen molar-refractivity contribution in [3.05, 3.63) is 135 Å². The summed E-state index contributed by atoms with van der Waals surface area (Å²) < 4.78 is 64.2. The lowest BCUT2D eigenvalue weighted by Crippen LogP contribution is -2.04. The number of rotatable bonds is 4. The molecular weight excluding hydrogens is 716 g/mol. The minimum absolute atomic E-state index is 0.105. The summed E-state index contributed by atoms with van der Waals surface area (Å²) in [6.07, 6.45) is 6.89. The number of fused-ring (bicyclic) bond motifs is 8. The summed E-state index contributed by atoms with van der Waals surface area (Å²) in [7, 11) is 0. The van der Waals surface area contributed by atoms with Crippen molar-refractivity contribution >= 4 is 74.1 Å². The van der Waals surface area contributed by atoms with Gasteiger partial charge in [-0.25, -0.2) is 27.5 Å². The maximum Gasteiger partial charge on any atom is 0.176 e. The molecule has 0 aliphatic carbocycles. The van der Waals surface area contributed by atoms with E-state index in [-0.39, 0.29) is 22.5 Å². The van der Waals surface area contributed by atoms with Gasteiger partial charge in [0.05, 0.1) is 33.2 Å². The van der Waals surface area contributed by atoms with Crippen molar-refractivity contribution < 1.29 is 22.7 Å². The molecule has 8 rings (SSSR count). The van der Waals surface area contributed by atoms with E-state index in [4.69, 9.17) is 4.98 Å². The molecule has 0 atom stereocenters. The number of aromatic hydroxyl groups is 1. The summed E-state index contributed by atoms with van der Waals surface area (Å²) in [5.41, 5.74) is 4.57. The van der Waals surface area contributed by atoms with Gasteiger partial charge in [0, 0.05) is 42.6 Å². The van der Waals surface area contributed by atoms with Crippen molar-refractivity contribution in [2.24, 2.45) is 0 Å². The second-order valence-electron chi connectivity index (χ2n) is 11.3. The third kappa shape index (κ3) is 5.74. The van der Waals surface area contributed by atoms with Gasteiger partial charge in [0.15, 0.2) is 23.3 Å². The van der Waals surface area contributed by atoms with Gasteiger partial charge in [0.25, 0.3) is 0 Å². The Hall–Kier alpha value is -5.39. The molecule has 0 saturated carbocycles. The molecule has 3 N–H and O–H groups in total. The number of aromatic nitrogens is 4. The Bertz CT molecular complexity index is 2510. The average Bonchev–Trinajstić information content (AvgIpc) is 3.92. The van der Waals surface area contributed by atoms with Crippen molar-refractivity contribution in [2.45, 2.75) is 9.79 Å². The summed E-state index contributed by atoms with van der Waals surface area (Å²) in [4.78, 5) is 15.6. The Morgan fingerprint density at radius 1 is 0.571 bits per heavy atom. The molecule has 2 aliphatic heterocycles. The highest BCUT2D eigenvalue weighted by atomic mass is 79.9. The first kappa shape index (κ1) is 30.9. The van der Waals surface area contributed by atoms with Crippen LogP contribution in [-0.4, -0.2) is 25.0 Å². The standard InChI is InChI=1S/C38H21BrF4N4OS/c39-20-3-11-26(12-4-20)49-38-36(42)34(40)33(35(41)37(38)43)32-29-15-7-23(46-29)17-21-5-13-27(44-21)31(19-1-9-25(48)10-2-19)28-14-6-22(45-28)18-24-8-16-30(32)47-24/h1-18,44,47-48H. The molecule has 0 spiro atoms. The van der Waals surface area contributed by atoms with Crippen LogP contribution in [0.4, 0.5) is 17.6 Å². The maximum atomic E-state index is 16.1. The fourth-order valence-corrected chi connectivity index (χ4v) is 6.94. The molecule has 11 heteroatoms. The molecule has 0 amide bonds. The molecule has 3 aromatic carbocycles. The third-order valence-corrected chi connectivity index (χ3v) is 9.66. The van der Waals surface area contributed by atoms with E-state index in [0.717, 1.165) is 21.1 Å². The quantitative estimate of drug-likeness (QED) is 0.124. The zero-order chi connectivity index (χ0) is 33.8. The van der Waals surface area contributed by atoms with Gasteiger partial charge >= 0.3 is 0 Å². The van der Waals surface area contributed by atoms with E-state index < -0.39 is 33.7 Å². The summed E-state index contributed by atoms with van der Waals surface area (Å²) in [6.45, 7) is 0. The highest BCUT2D eigenvalue weighted by Gasteiger charge is 2.29. The van der Waals surface area contributed by atoms with Crippen molar-refractivity contribution in [1.29, 1.82) is 0 Å². The molecule has 0 saturated heterocycles. The van der Waals surface area contributed by atoms with E-state index in [1.165, 1.54) is 0 Å². The zero-order valence-electron chi connectivity index (χ0n) is 25.0. The first-order valence-corrected chi connectivity index (χ1v) is 16.5. The second-order valence-corrected chi connectivity index (χ2v) is 13.3. The van der Waals surface area contributed by atoms with Crippen LogP contribution in [0, 0.1) is 23.3 Å². The lowest BCUT2D eigenvalue weighted by molar-refractivity contribution is 0.430. The van der Waals surface area contributed by atoms with E-state index in [2.05, 4.69) is 30.9 Å². The van der Waals surface area contributed by atoms with Gasteiger partial charge in [0.1, 0.15) is 5.75 Å². The number of nitrogens with zero attached hydrogens (tertiary/aromatic N) is 2. The largest absolute Gasteiger partial charge is 0.508 e. The van der Waals surface area contributed by atoms with Crippen LogP contribution in [0.2, 0.25) is 0 Å². The highest BCUT2D eigenvalue weighted by molar-refractivity contribution is 9.10. The number of hydrogen-bond donors (Lipinski definition) is 3. The number of benzene rings is 3. The predicted octanol–water partition coefficient (Wildman–Crippen LogP) is 11.2. The minimum atomic E-state index is -1.54. The van der Waals surface area contributed by atoms with Crippen LogP contribution >= 0.6 is 27.7 Å². The van der Waals surface area contributed by atoms with Gasteiger partial charge in [-0.05, 0) is 103 Å². The van der Waals surface area contributed by atoms with Crippen molar-refractivity contribution in [3.63, 3.8) is 0 Å². The molecule has 0 fully saturated rings. The van der Waals surface area contributed by atoms with E-state index in [1.54, 1.807) is 84.9 Å². The third-order valence-electron chi connectivity index (χ3n) is 8.06. The molecular formula is C38H21BrF4N4OS. The molecule has 49 heavy (non-hydrogen) atoms. The lowest BCUT2D eigenvalue weighted by atomic mass is 10.0. The van der Waals surface area contributed by atoms with Crippen molar-refractivity contribution in [3.8, 4) is 28.0 Å². The highest BCUT2D eigenvalue weighted by Crippen LogP contribution is 2.42. The SMILES string of the molecule is Oc1ccc(-c2c3nc(cc4ccc([nH]4)c(-c4c(F)c(F)c(Sc5ccc(Br)cc5)c(F)c4F)c4nc(cc5ccc2[nH]5)C=C4)C=C3)cc1. The van der Waals surface area contributed by atoms with E-state index in [0.29, 0.717) is 44.8 Å². The van der Waals surface area contributed by atoms with Crippen LogP contribution < -0.4 is 0 Å². The lowest BCUT2D eigenvalue weighted by Gasteiger charge is -2.13. The maximum absolute atomic E-state index is 16.1. The number of H-pyrrole nitrogens is 2. The fraction of sp³-hybridized carbons (Fsp3) is 0. The fourth-order valence-electron chi connectivity index (χ4n) is 5.81. The number of halogens is 5. The number of hydrogen-bond acceptors (Lipinski definition) is 4. The molecule has 8 bridgehead atoms. The summed E-state index contributed by atoms with van der Waals surface area (Å²) in [5.74, 6) is -5.95. The summed E-state index contributed by atoms with van der Waals surface area (Å²) in [5, 5.41) is 9.89. The number of phenols is 1. The Balaban J connectivity index is 1.38. The first-order valence-electron chi connectivity index (χ1n) is 14.9. The Morgan fingerprint density at radius 2 is 1.10 bits per heavy atom. The molecule has 2 aliphatic rings. The Labute approximate surface area is 288 Å². The van der Waals surface area contributed by atoms with E-state index >= 15 is 17.6 Å². The topological polar surface area (TPSA) is 77.6 Å². The minimum Gasteiger partial charge on any atom is -0.508 e. The molecule has 3 aromatic heterocycles. The number of phenolic OH excluding ortho intramolecular Hbond substituents is 1. The van der Waals surface area contributed by atoms with Crippen LogP contribution in [0.1, 0.15) is 22.8 Å². The molecule has 5 nitrogen and oxygen atoms in total. The average molecular weight is 738 g/mol. The van der Waals surface area contributed by atoms with Gasteiger partial charge in [-0.1, -0.05) is 39.8 Å². The number of nitrogens with one attached hydrogen (secondary N) is 2. The monoisotopic (exact) mass is 736 g/mol. The van der Waals surface area contributed by atoms with Crippen molar-refractivity contribution in [2.75, 3.05) is 0 Å². The van der Waals surface area contributed by atoms with Crippen LogP contribution in [0.25, 0.3) is 68.6 Å². The van der Waals surface area contributed by atoms with Gasteiger partial charge in [-0.3, -0.25) is 0 Å². The Kier molecular flexibility index (Phi) is 7.73. The summed E-state index contributed by atoms with van der Waals surface area (Å²) in [6, 6.07) is 23.8. The van der Waals surface area contributed by atoms with Crippen molar-refractivity contribution in [1.82, 2.24) is 19.9 Å². The second kappa shape index (κ2) is 12.2. The zero-order valence-corrected chi connectivity index (χ0v) is 27.4. The van der Waals surface area contributed by atoms with Gasteiger partial charge in [0.2, 0.25) is 0 Å².